The van der Waals surface area contributed by atoms with E-state index < -0.39 is 35.2 Å². The van der Waals surface area contributed by atoms with Crippen molar-refractivity contribution in [3.05, 3.63) is 41.5 Å². The molecule has 1 aromatic carbocycles. The second-order valence-corrected chi connectivity index (χ2v) is 2.87. The van der Waals surface area contributed by atoms with Gasteiger partial charge in [0.2, 0.25) is 5.78 Å². The molecule has 0 saturated carbocycles. The van der Waals surface area contributed by atoms with E-state index in [9.17, 15) is 27.5 Å². The highest BCUT2D eigenvalue weighted by molar-refractivity contribution is 5.97. The molecule has 1 aromatic rings. The van der Waals surface area contributed by atoms with E-state index in [1.54, 1.807) is 0 Å². The van der Waals surface area contributed by atoms with Crippen molar-refractivity contribution in [2.75, 3.05) is 0 Å². The van der Waals surface area contributed by atoms with Crippen molar-refractivity contribution in [2.24, 2.45) is 0 Å². The van der Waals surface area contributed by atoms with Gasteiger partial charge in [0.15, 0.2) is 0 Å². The molecule has 6 heteroatoms. The summed E-state index contributed by atoms with van der Waals surface area (Å²) in [6.07, 6.45) is -3.21. The van der Waals surface area contributed by atoms with Crippen LogP contribution in [0.1, 0.15) is 5.56 Å². The first-order valence-corrected chi connectivity index (χ1v) is 4.07. The molecule has 0 N–H and O–H groups in total. The summed E-state index contributed by atoms with van der Waals surface area (Å²) in [6, 6.07) is 1.83. The predicted molar refractivity (Wildman–Crippen MR) is 45.3 cm³/mol. The summed E-state index contributed by atoms with van der Waals surface area (Å²) in [5.41, 5.74) is -0.494. The maximum Gasteiger partial charge on any atom is 0.299 e. The monoisotopic (exact) mass is 233 g/mol. The lowest BCUT2D eigenvalue weighted by atomic mass is 10.1. The summed E-state index contributed by atoms with van der Waals surface area (Å²) >= 11 is 0. The molecule has 1 rings (SSSR count). The third kappa shape index (κ3) is 3.08. The van der Waals surface area contributed by atoms with E-state index in [1.165, 1.54) is 0 Å². The van der Waals surface area contributed by atoms with Crippen LogP contribution in [0.4, 0.5) is 17.6 Å². The van der Waals surface area contributed by atoms with Gasteiger partial charge in [-0.2, -0.15) is 0 Å². The van der Waals surface area contributed by atoms with Crippen molar-refractivity contribution in [3.8, 4) is 0 Å². The summed E-state index contributed by atoms with van der Waals surface area (Å²) in [7, 11) is 0. The molecule has 0 fully saturated rings. The van der Waals surface area contributed by atoms with Gasteiger partial charge in [0.1, 0.15) is 11.6 Å². The van der Waals surface area contributed by atoms with Crippen LogP contribution in [0.5, 0.6) is 0 Å². The van der Waals surface area contributed by atoms with E-state index in [0.717, 1.165) is 0 Å². The second-order valence-electron chi connectivity index (χ2n) is 2.87. The first kappa shape index (κ1) is 12.2. The zero-order valence-corrected chi connectivity index (χ0v) is 7.72. The van der Waals surface area contributed by atoms with Crippen molar-refractivity contribution in [2.45, 2.75) is 6.43 Å². The molecule has 0 unspecified atom stereocenters. The quantitative estimate of drug-likeness (QED) is 0.451. The van der Waals surface area contributed by atoms with Crippen molar-refractivity contribution in [3.63, 3.8) is 0 Å². The largest absolute Gasteiger partial charge is 0.872 e. The minimum Gasteiger partial charge on any atom is -0.872 e. The maximum absolute atomic E-state index is 12.6. The third-order valence-corrected chi connectivity index (χ3v) is 1.64. The van der Waals surface area contributed by atoms with E-state index in [1.807, 2.05) is 0 Å². The summed E-state index contributed by atoms with van der Waals surface area (Å²) in [5.74, 6) is -4.92. The van der Waals surface area contributed by atoms with Crippen LogP contribution in [-0.2, 0) is 4.79 Å². The van der Waals surface area contributed by atoms with Crippen LogP contribution in [0.25, 0.3) is 5.76 Å². The lowest BCUT2D eigenvalue weighted by molar-refractivity contribution is -0.244. The number of rotatable bonds is 3. The van der Waals surface area contributed by atoms with E-state index in [0.29, 0.717) is 18.2 Å². The fourth-order valence-electron chi connectivity index (χ4n) is 0.972. The van der Waals surface area contributed by atoms with Gasteiger partial charge in [-0.1, -0.05) is 5.76 Å². The first-order valence-electron chi connectivity index (χ1n) is 4.07. The van der Waals surface area contributed by atoms with E-state index in [2.05, 4.69) is 0 Å². The van der Waals surface area contributed by atoms with Crippen LogP contribution < -0.4 is 5.11 Å². The maximum atomic E-state index is 12.6. The van der Waals surface area contributed by atoms with Gasteiger partial charge in [-0.25, -0.2) is 17.6 Å². The number of ketones is 1. The Balaban J connectivity index is 3.04. The van der Waals surface area contributed by atoms with E-state index in [-0.39, 0.29) is 6.08 Å². The third-order valence-electron chi connectivity index (χ3n) is 1.64. The number of alkyl halides is 2. The molecule has 0 aliphatic rings. The number of hydrogen-bond donors (Lipinski definition) is 0. The van der Waals surface area contributed by atoms with Gasteiger partial charge in [-0.15, -0.1) is 0 Å². The molecule has 86 valence electrons. The Bertz CT molecular complexity index is 420. The minimum atomic E-state index is -3.32. The molecule has 0 bridgehead atoms. The highest BCUT2D eigenvalue weighted by Crippen LogP contribution is 2.13. The molecule has 0 atom stereocenters. The number of carbonyl (C=O) groups is 1. The van der Waals surface area contributed by atoms with Gasteiger partial charge < -0.3 is 5.11 Å². The number of benzene rings is 1. The van der Waals surface area contributed by atoms with Crippen molar-refractivity contribution in [1.82, 2.24) is 0 Å². The van der Waals surface area contributed by atoms with Crippen LogP contribution in [0.15, 0.2) is 24.3 Å². The Morgan fingerprint density at radius 1 is 1.19 bits per heavy atom. The highest BCUT2D eigenvalue weighted by Gasteiger charge is 2.11. The fourth-order valence-corrected chi connectivity index (χ4v) is 0.972. The smallest absolute Gasteiger partial charge is 0.299 e. The molecular weight excluding hydrogens is 228 g/mol. The van der Waals surface area contributed by atoms with Crippen molar-refractivity contribution < 1.29 is 27.5 Å². The zero-order valence-electron chi connectivity index (χ0n) is 7.72. The standard InChI is InChI=1S/C10H6F4O2/c11-6-1-5(2-7(12)3-6)8(15)4-9(16)10(13)14/h1-4,10,15H/p-1/b8-4-. The molecule has 0 spiro atoms. The average Bonchev–Trinajstić information content (AvgIpc) is 2.15. The summed E-state index contributed by atoms with van der Waals surface area (Å²) in [4.78, 5) is 10.5. The van der Waals surface area contributed by atoms with Crippen molar-refractivity contribution in [1.29, 1.82) is 0 Å². The lowest BCUT2D eigenvalue weighted by Crippen LogP contribution is -2.11. The molecule has 0 aromatic heterocycles. The Morgan fingerprint density at radius 2 is 1.69 bits per heavy atom. The predicted octanol–water partition coefficient (Wildman–Crippen LogP) is 1.50. The number of halogens is 4. The molecule has 0 aliphatic heterocycles. The van der Waals surface area contributed by atoms with Gasteiger partial charge in [-0.05, 0) is 23.8 Å². The molecule has 0 amide bonds. The Hall–Kier alpha value is -1.85. The second kappa shape index (κ2) is 4.78. The first-order chi connectivity index (χ1) is 7.40. The van der Waals surface area contributed by atoms with Gasteiger partial charge in [-0.3, -0.25) is 4.79 Å². The molecule has 0 saturated heterocycles. The molecule has 0 radical (unpaired) electrons. The van der Waals surface area contributed by atoms with Crippen LogP contribution in [-0.4, -0.2) is 12.2 Å². The van der Waals surface area contributed by atoms with Crippen LogP contribution in [0.2, 0.25) is 0 Å². The summed E-state index contributed by atoms with van der Waals surface area (Å²) in [5, 5.41) is 11.1. The summed E-state index contributed by atoms with van der Waals surface area (Å²) in [6.45, 7) is 0. The number of hydrogen-bond acceptors (Lipinski definition) is 2. The fraction of sp³-hybridized carbons (Fsp3) is 0.100. The minimum absolute atomic E-state index is 0.110. The van der Waals surface area contributed by atoms with Gasteiger partial charge >= 0.3 is 0 Å². The normalized spacial score (nSPS) is 11.9. The lowest BCUT2D eigenvalue weighted by Gasteiger charge is -2.11. The Morgan fingerprint density at radius 3 is 2.12 bits per heavy atom. The van der Waals surface area contributed by atoms with Crippen molar-refractivity contribution >= 4 is 11.5 Å². The molecule has 2 nitrogen and oxygen atoms in total. The topological polar surface area (TPSA) is 40.1 Å². The molecule has 0 aliphatic carbocycles. The van der Waals surface area contributed by atoms with Crippen LogP contribution >= 0.6 is 0 Å². The van der Waals surface area contributed by atoms with Gasteiger partial charge in [0, 0.05) is 6.07 Å². The molecular formula is C10H5F4O2-. The number of carbonyl (C=O) groups excluding carboxylic acids is 1. The highest BCUT2D eigenvalue weighted by atomic mass is 19.3. The summed E-state index contributed by atoms with van der Waals surface area (Å²) < 4.78 is 48.9. The van der Waals surface area contributed by atoms with E-state index in [4.69, 9.17) is 0 Å². The van der Waals surface area contributed by atoms with Gasteiger partial charge in [0.25, 0.3) is 6.43 Å². The van der Waals surface area contributed by atoms with Crippen LogP contribution in [0, 0.1) is 11.6 Å². The van der Waals surface area contributed by atoms with Gasteiger partial charge in [0.05, 0.1) is 0 Å². The number of allylic oxidation sites excluding steroid dienone is 1. The molecule has 16 heavy (non-hydrogen) atoms. The van der Waals surface area contributed by atoms with Crippen LogP contribution in [0.3, 0.4) is 0 Å². The Kier molecular flexibility index (Phi) is 3.65. The Labute approximate surface area is 87.8 Å². The average molecular weight is 233 g/mol. The SMILES string of the molecule is O=C(/C=C(\[O-])c1cc(F)cc(F)c1)C(F)F. The zero-order chi connectivity index (χ0) is 12.3. The van der Waals surface area contributed by atoms with E-state index >= 15 is 0 Å². The molecule has 0 heterocycles.